The van der Waals surface area contributed by atoms with Crippen LogP contribution in [0.1, 0.15) is 0 Å². The lowest BCUT2D eigenvalue weighted by Crippen LogP contribution is -2.33. The first-order chi connectivity index (χ1) is 6.34. The predicted molar refractivity (Wildman–Crippen MR) is 55.2 cm³/mol. The van der Waals surface area contributed by atoms with Gasteiger partial charge in [-0.05, 0) is 0 Å². The van der Waals surface area contributed by atoms with Crippen LogP contribution < -0.4 is 0 Å². The summed E-state index contributed by atoms with van der Waals surface area (Å²) in [6.07, 6.45) is -1.10. The topological polar surface area (TPSA) is 34.1 Å². The molecule has 0 saturated carbocycles. The van der Waals surface area contributed by atoms with Crippen molar-refractivity contribution in [1.82, 2.24) is 0 Å². The maximum absolute atomic E-state index is 12.4. The highest BCUT2D eigenvalue weighted by atomic mass is 127. The minimum Gasteiger partial charge on any atom is -0.231 e. The number of halogens is 4. The third kappa shape index (κ3) is 2.50. The number of thiol groups is 1. The fraction of sp³-hybridized carbons (Fsp3) is 0.429. The van der Waals surface area contributed by atoms with Gasteiger partial charge in [0.05, 0.1) is 5.57 Å². The summed E-state index contributed by atoms with van der Waals surface area (Å²) < 4.78 is 57.8. The zero-order valence-corrected chi connectivity index (χ0v) is 9.71. The average molecular weight is 338 g/mol. The summed E-state index contributed by atoms with van der Waals surface area (Å²) in [5, 5.41) is -1.46. The molecule has 0 heterocycles. The van der Waals surface area contributed by atoms with E-state index in [1.165, 1.54) is 12.2 Å². The highest BCUT2D eigenvalue weighted by Crippen LogP contribution is 2.35. The zero-order chi connectivity index (χ0) is 10.9. The van der Waals surface area contributed by atoms with E-state index in [0.29, 0.717) is 0 Å². The quantitative estimate of drug-likeness (QED) is 0.450. The lowest BCUT2D eigenvalue weighted by molar-refractivity contribution is -0.0933. The van der Waals surface area contributed by atoms with Crippen molar-refractivity contribution in [3.63, 3.8) is 0 Å². The first kappa shape index (κ1) is 12.0. The van der Waals surface area contributed by atoms with Gasteiger partial charge in [-0.2, -0.15) is 13.2 Å². The monoisotopic (exact) mass is 338 g/mol. The van der Waals surface area contributed by atoms with Crippen molar-refractivity contribution in [3.8, 4) is 0 Å². The molecule has 2 nitrogen and oxygen atoms in total. The van der Waals surface area contributed by atoms with Crippen LogP contribution in [0.15, 0.2) is 23.8 Å². The highest BCUT2D eigenvalue weighted by Gasteiger charge is 2.43. The molecule has 7 heteroatoms. The van der Waals surface area contributed by atoms with Crippen LogP contribution in [0.25, 0.3) is 0 Å². The molecule has 1 aliphatic carbocycles. The number of alkyl halides is 4. The summed E-state index contributed by atoms with van der Waals surface area (Å²) in [7, 11) is -3.11. The molecular formula is C7H6F3IO2S. The van der Waals surface area contributed by atoms with E-state index in [1.807, 2.05) is 0 Å². The zero-order valence-electron chi connectivity index (χ0n) is 6.66. The molecule has 14 heavy (non-hydrogen) atoms. The molecule has 0 bridgehead atoms. The van der Waals surface area contributed by atoms with Crippen LogP contribution in [-0.2, 0) is 10.7 Å². The second-order valence-corrected chi connectivity index (χ2v) is 5.24. The van der Waals surface area contributed by atoms with Gasteiger partial charge in [-0.3, -0.25) is 0 Å². The summed E-state index contributed by atoms with van der Waals surface area (Å²) in [5.74, 6) is 0. The number of allylic oxidation sites excluding steroid dienone is 3. The van der Waals surface area contributed by atoms with Crippen molar-refractivity contribution in [1.29, 1.82) is 0 Å². The molecule has 1 unspecified atom stereocenters. The van der Waals surface area contributed by atoms with Crippen LogP contribution in [0.3, 0.4) is 0 Å². The van der Waals surface area contributed by atoms with E-state index >= 15 is 0 Å². The second kappa shape index (κ2) is 4.21. The normalized spacial score (nSPS) is 27.9. The maximum atomic E-state index is 12.4. The molecule has 0 spiro atoms. The van der Waals surface area contributed by atoms with Gasteiger partial charge in [0.2, 0.25) is 0 Å². The fourth-order valence-corrected chi connectivity index (χ4v) is 3.34. The second-order valence-electron chi connectivity index (χ2n) is 2.68. The van der Waals surface area contributed by atoms with Gasteiger partial charge >= 0.3 is 6.18 Å². The Kier molecular flexibility index (Phi) is 3.62. The first-order valence-corrected chi connectivity index (χ1v) is 6.06. The van der Waals surface area contributed by atoms with E-state index in [2.05, 4.69) is 0 Å². The van der Waals surface area contributed by atoms with Crippen LogP contribution in [0.5, 0.6) is 0 Å². The van der Waals surface area contributed by atoms with Crippen molar-refractivity contribution in [2.24, 2.45) is 0 Å². The summed E-state index contributed by atoms with van der Waals surface area (Å²) >= 11 is 1.68. The maximum Gasteiger partial charge on any atom is 0.413 e. The van der Waals surface area contributed by atoms with Gasteiger partial charge in [0.1, 0.15) is 16.0 Å². The van der Waals surface area contributed by atoms with Crippen molar-refractivity contribution in [3.05, 3.63) is 23.8 Å². The number of hydrogen-bond donors (Lipinski definition) is 1. The molecule has 1 rings (SSSR count). The van der Waals surface area contributed by atoms with Gasteiger partial charge in [-0.15, -0.1) is 0 Å². The van der Waals surface area contributed by atoms with Crippen LogP contribution in [0.4, 0.5) is 13.2 Å². The van der Waals surface area contributed by atoms with Crippen molar-refractivity contribution in [2.75, 3.05) is 0 Å². The molecule has 80 valence electrons. The SMILES string of the molecule is O=[SH](=O)C1C(C(F)(F)F)=CC=C[C@@H]1I. The van der Waals surface area contributed by atoms with Crippen LogP contribution in [0.2, 0.25) is 0 Å². The largest absolute Gasteiger partial charge is 0.413 e. The van der Waals surface area contributed by atoms with Crippen LogP contribution in [-0.4, -0.2) is 23.8 Å². The molecular weight excluding hydrogens is 332 g/mol. The smallest absolute Gasteiger partial charge is 0.231 e. The van der Waals surface area contributed by atoms with E-state index in [-0.39, 0.29) is 0 Å². The minimum atomic E-state index is -4.58. The highest BCUT2D eigenvalue weighted by molar-refractivity contribution is 14.1. The summed E-state index contributed by atoms with van der Waals surface area (Å²) in [6.45, 7) is 0. The summed E-state index contributed by atoms with van der Waals surface area (Å²) in [5.41, 5.74) is -0.990. The van der Waals surface area contributed by atoms with Crippen molar-refractivity contribution < 1.29 is 21.6 Å². The van der Waals surface area contributed by atoms with Gasteiger partial charge < -0.3 is 0 Å². The Morgan fingerprint density at radius 3 is 2.29 bits per heavy atom. The Hall–Kier alpha value is -0.0500. The lowest BCUT2D eigenvalue weighted by Gasteiger charge is -2.22. The van der Waals surface area contributed by atoms with E-state index in [0.717, 1.165) is 6.08 Å². The minimum absolute atomic E-state index is 0.657. The van der Waals surface area contributed by atoms with Gasteiger partial charge in [-0.25, -0.2) is 8.42 Å². The van der Waals surface area contributed by atoms with E-state index in [4.69, 9.17) is 0 Å². The molecule has 0 saturated heterocycles. The average Bonchev–Trinajstić information content (AvgIpc) is 2.01. The third-order valence-electron chi connectivity index (χ3n) is 1.75. The van der Waals surface area contributed by atoms with Crippen LogP contribution in [0, 0.1) is 0 Å². The summed E-state index contributed by atoms with van der Waals surface area (Å²) in [4.78, 5) is 0. The van der Waals surface area contributed by atoms with Gasteiger partial charge in [-0.1, -0.05) is 40.8 Å². The fourth-order valence-electron chi connectivity index (χ4n) is 1.13. The molecule has 0 N–H and O–H groups in total. The van der Waals surface area contributed by atoms with Crippen molar-refractivity contribution >= 4 is 33.3 Å². The molecule has 0 aromatic carbocycles. The molecule has 1 aliphatic rings. The Morgan fingerprint density at radius 2 is 1.93 bits per heavy atom. The standard InChI is InChI=1S/C7H6F3IO2S/c8-7(9,10)4-2-1-3-5(11)6(4)14(12)13/h1-3,5-6,14H/t5-,6?/m0/s1. The predicted octanol–water partition coefficient (Wildman–Crippen LogP) is 1.83. The molecule has 0 aromatic heterocycles. The van der Waals surface area contributed by atoms with Gasteiger partial charge in [0, 0.05) is 3.92 Å². The van der Waals surface area contributed by atoms with Gasteiger partial charge in [0.25, 0.3) is 0 Å². The number of rotatable bonds is 1. The molecule has 0 aliphatic heterocycles. The van der Waals surface area contributed by atoms with E-state index in [9.17, 15) is 21.6 Å². The first-order valence-electron chi connectivity index (χ1n) is 3.57. The molecule has 2 atom stereocenters. The number of hydrogen-bond acceptors (Lipinski definition) is 2. The van der Waals surface area contributed by atoms with E-state index in [1.54, 1.807) is 22.6 Å². The lowest BCUT2D eigenvalue weighted by atomic mass is 10.0. The Balaban J connectivity index is 3.13. The molecule has 0 aromatic rings. The molecule has 0 radical (unpaired) electrons. The van der Waals surface area contributed by atoms with E-state index < -0.39 is 31.6 Å². The van der Waals surface area contributed by atoms with Crippen LogP contribution >= 0.6 is 22.6 Å². The molecule has 0 amide bonds. The Bertz CT molecular complexity index is 348. The Morgan fingerprint density at radius 1 is 1.36 bits per heavy atom. The Labute approximate surface area is 94.0 Å². The summed E-state index contributed by atoms with van der Waals surface area (Å²) in [6, 6.07) is 0. The molecule has 0 fully saturated rings. The third-order valence-corrected chi connectivity index (χ3v) is 4.50. The van der Waals surface area contributed by atoms with Gasteiger partial charge in [0.15, 0.2) is 0 Å². The van der Waals surface area contributed by atoms with Crippen molar-refractivity contribution in [2.45, 2.75) is 15.4 Å².